The molecular formula is C17H17N7O5. The highest BCUT2D eigenvalue weighted by atomic mass is 16.5. The van der Waals surface area contributed by atoms with E-state index in [2.05, 4.69) is 35.7 Å². The fraction of sp³-hybridized carbons (Fsp3) is 0.176. The second kappa shape index (κ2) is 8.21. The van der Waals surface area contributed by atoms with Crippen molar-refractivity contribution in [3.05, 3.63) is 35.9 Å². The Kier molecular flexibility index (Phi) is 5.53. The summed E-state index contributed by atoms with van der Waals surface area (Å²) in [6, 6.07) is 6.57. The molecule has 0 saturated carbocycles. The van der Waals surface area contributed by atoms with Crippen molar-refractivity contribution in [3.8, 4) is 17.1 Å². The lowest BCUT2D eigenvalue weighted by atomic mass is 10.1. The second-order valence-corrected chi connectivity index (χ2v) is 5.62. The van der Waals surface area contributed by atoms with Crippen molar-refractivity contribution in [2.75, 3.05) is 24.9 Å². The number of carbonyl (C=O) groups excluding carboxylic acids is 2. The number of primary amides is 1. The SMILES string of the molecule is COC(=O)Nc1cc(Nc2cccc(-c3noc(C)n3)c2OC)c(C(N)=O)nn1. The first-order valence-corrected chi connectivity index (χ1v) is 8.20. The van der Waals surface area contributed by atoms with Gasteiger partial charge in [-0.15, -0.1) is 10.2 Å². The van der Waals surface area contributed by atoms with E-state index >= 15 is 0 Å². The maximum absolute atomic E-state index is 11.8. The Hall–Kier alpha value is -4.22. The number of aryl methyl sites for hydroxylation is 1. The Balaban J connectivity index is 2.03. The van der Waals surface area contributed by atoms with Crippen molar-refractivity contribution in [1.82, 2.24) is 20.3 Å². The molecule has 0 unspecified atom stereocenters. The lowest BCUT2D eigenvalue weighted by molar-refractivity contribution is 0.0995. The third kappa shape index (κ3) is 4.21. The largest absolute Gasteiger partial charge is 0.494 e. The minimum absolute atomic E-state index is 0.0493. The van der Waals surface area contributed by atoms with Gasteiger partial charge in [-0.3, -0.25) is 10.1 Å². The van der Waals surface area contributed by atoms with Gasteiger partial charge in [-0.25, -0.2) is 4.79 Å². The fourth-order valence-corrected chi connectivity index (χ4v) is 2.47. The average Bonchev–Trinajstić information content (AvgIpc) is 3.13. The summed E-state index contributed by atoms with van der Waals surface area (Å²) in [5.41, 5.74) is 6.47. The van der Waals surface area contributed by atoms with Gasteiger partial charge in [-0.1, -0.05) is 11.2 Å². The van der Waals surface area contributed by atoms with Gasteiger partial charge in [-0.05, 0) is 12.1 Å². The van der Waals surface area contributed by atoms with Crippen molar-refractivity contribution in [1.29, 1.82) is 0 Å². The van der Waals surface area contributed by atoms with Crippen LogP contribution in [0.25, 0.3) is 11.4 Å². The zero-order valence-electron chi connectivity index (χ0n) is 15.7. The maximum atomic E-state index is 11.8. The molecule has 0 atom stereocenters. The van der Waals surface area contributed by atoms with Crippen LogP contribution in [0.15, 0.2) is 28.8 Å². The lowest BCUT2D eigenvalue weighted by Gasteiger charge is -2.15. The second-order valence-electron chi connectivity index (χ2n) is 5.62. The van der Waals surface area contributed by atoms with Crippen LogP contribution < -0.4 is 21.1 Å². The standard InChI is InChI=1S/C17H17N7O5/c1-8-19-16(24-29-8)9-5-4-6-10(14(9)27-2)20-11-7-12(21-17(26)28-3)22-23-13(11)15(18)25/h4-7H,1-3H3,(H2,18,25)(H2,20,21,22,26). The summed E-state index contributed by atoms with van der Waals surface area (Å²) in [6.45, 7) is 1.67. The van der Waals surface area contributed by atoms with E-state index in [1.807, 2.05) is 0 Å². The highest BCUT2D eigenvalue weighted by Crippen LogP contribution is 2.37. The average molecular weight is 399 g/mol. The highest BCUT2D eigenvalue weighted by molar-refractivity contribution is 5.98. The van der Waals surface area contributed by atoms with E-state index in [1.54, 1.807) is 25.1 Å². The van der Waals surface area contributed by atoms with Crippen LogP contribution in [0, 0.1) is 6.92 Å². The Morgan fingerprint density at radius 3 is 2.59 bits per heavy atom. The van der Waals surface area contributed by atoms with Crippen LogP contribution in [-0.4, -0.2) is 46.6 Å². The molecular weight excluding hydrogens is 382 g/mol. The molecule has 0 radical (unpaired) electrons. The van der Waals surface area contributed by atoms with Crippen molar-refractivity contribution < 1.29 is 23.6 Å². The van der Waals surface area contributed by atoms with Gasteiger partial charge in [0.2, 0.25) is 11.7 Å². The highest BCUT2D eigenvalue weighted by Gasteiger charge is 2.19. The summed E-state index contributed by atoms with van der Waals surface area (Å²) in [5.74, 6) is 0.358. The van der Waals surface area contributed by atoms with Crippen LogP contribution in [0.2, 0.25) is 0 Å². The molecule has 29 heavy (non-hydrogen) atoms. The number of benzene rings is 1. The van der Waals surface area contributed by atoms with Gasteiger partial charge in [0.15, 0.2) is 17.3 Å². The van der Waals surface area contributed by atoms with Gasteiger partial charge in [0.25, 0.3) is 5.91 Å². The first-order valence-electron chi connectivity index (χ1n) is 8.20. The van der Waals surface area contributed by atoms with Gasteiger partial charge in [0.1, 0.15) is 0 Å². The molecule has 0 aliphatic rings. The van der Waals surface area contributed by atoms with E-state index in [0.717, 1.165) is 0 Å². The summed E-state index contributed by atoms with van der Waals surface area (Å²) < 4.78 is 15.0. The summed E-state index contributed by atoms with van der Waals surface area (Å²) >= 11 is 0. The van der Waals surface area contributed by atoms with Gasteiger partial charge in [0.05, 0.1) is 31.2 Å². The van der Waals surface area contributed by atoms with Gasteiger partial charge < -0.3 is 25.0 Å². The van der Waals surface area contributed by atoms with Crippen LogP contribution in [0.4, 0.5) is 22.0 Å². The van der Waals surface area contributed by atoms with Crippen LogP contribution in [0.1, 0.15) is 16.4 Å². The van der Waals surface area contributed by atoms with E-state index in [1.165, 1.54) is 20.3 Å². The number of aromatic nitrogens is 4. The van der Waals surface area contributed by atoms with Crippen LogP contribution in [0.3, 0.4) is 0 Å². The topological polar surface area (TPSA) is 167 Å². The number of nitrogens with one attached hydrogen (secondary N) is 2. The van der Waals surface area contributed by atoms with E-state index < -0.39 is 12.0 Å². The summed E-state index contributed by atoms with van der Waals surface area (Å²) in [4.78, 5) is 27.4. The Morgan fingerprint density at radius 2 is 1.97 bits per heavy atom. The normalized spacial score (nSPS) is 10.3. The molecule has 2 heterocycles. The number of para-hydroxylation sites is 1. The number of amides is 2. The maximum Gasteiger partial charge on any atom is 0.412 e. The van der Waals surface area contributed by atoms with E-state index in [-0.39, 0.29) is 17.2 Å². The van der Waals surface area contributed by atoms with Crippen molar-refractivity contribution in [3.63, 3.8) is 0 Å². The summed E-state index contributed by atoms with van der Waals surface area (Å²) in [5, 5.41) is 16.8. The number of carbonyl (C=O) groups is 2. The van der Waals surface area contributed by atoms with Crippen LogP contribution >= 0.6 is 0 Å². The fourth-order valence-electron chi connectivity index (χ4n) is 2.47. The molecule has 4 N–H and O–H groups in total. The molecule has 0 aliphatic heterocycles. The molecule has 0 bridgehead atoms. The van der Waals surface area contributed by atoms with E-state index in [0.29, 0.717) is 28.7 Å². The number of anilines is 3. The van der Waals surface area contributed by atoms with Crippen molar-refractivity contribution in [2.24, 2.45) is 5.73 Å². The molecule has 150 valence electrons. The minimum atomic E-state index is -0.812. The predicted molar refractivity (Wildman–Crippen MR) is 101 cm³/mol. The van der Waals surface area contributed by atoms with Crippen molar-refractivity contribution in [2.45, 2.75) is 6.92 Å². The number of methoxy groups -OCH3 is 2. The predicted octanol–water partition coefficient (Wildman–Crippen LogP) is 1.86. The molecule has 3 aromatic rings. The third-order valence-electron chi connectivity index (χ3n) is 3.70. The molecule has 12 heteroatoms. The molecule has 2 aromatic heterocycles. The first-order chi connectivity index (χ1) is 13.9. The Morgan fingerprint density at radius 1 is 1.17 bits per heavy atom. The Bertz CT molecular complexity index is 1070. The summed E-state index contributed by atoms with van der Waals surface area (Å²) in [7, 11) is 2.68. The van der Waals surface area contributed by atoms with Crippen LogP contribution in [0.5, 0.6) is 5.75 Å². The summed E-state index contributed by atoms with van der Waals surface area (Å²) in [6.07, 6.45) is -0.746. The lowest BCUT2D eigenvalue weighted by Crippen LogP contribution is -2.18. The Labute approximate surface area is 164 Å². The van der Waals surface area contributed by atoms with Gasteiger partial charge >= 0.3 is 6.09 Å². The number of nitrogens with two attached hydrogens (primary N) is 1. The zero-order valence-corrected chi connectivity index (χ0v) is 15.7. The number of nitrogens with zero attached hydrogens (tertiary/aromatic N) is 4. The minimum Gasteiger partial charge on any atom is -0.494 e. The van der Waals surface area contributed by atoms with Gasteiger partial charge in [-0.2, -0.15) is 4.98 Å². The molecule has 1 aromatic carbocycles. The number of rotatable bonds is 6. The number of hydrogen-bond donors (Lipinski definition) is 3. The zero-order chi connectivity index (χ0) is 21.0. The number of ether oxygens (including phenoxy) is 2. The third-order valence-corrected chi connectivity index (χ3v) is 3.70. The molecule has 0 saturated heterocycles. The quantitative estimate of drug-likeness (QED) is 0.556. The molecule has 12 nitrogen and oxygen atoms in total. The first kappa shape index (κ1) is 19.5. The molecule has 0 aliphatic carbocycles. The molecule has 3 rings (SSSR count). The molecule has 0 fully saturated rings. The molecule has 2 amide bonds. The smallest absolute Gasteiger partial charge is 0.412 e. The van der Waals surface area contributed by atoms with E-state index in [4.69, 9.17) is 15.0 Å². The van der Waals surface area contributed by atoms with Crippen LogP contribution in [-0.2, 0) is 4.74 Å². The molecule has 0 spiro atoms. The number of hydrogen-bond acceptors (Lipinski definition) is 10. The van der Waals surface area contributed by atoms with E-state index in [9.17, 15) is 9.59 Å². The van der Waals surface area contributed by atoms with Gasteiger partial charge in [0, 0.05) is 13.0 Å². The monoisotopic (exact) mass is 399 g/mol. The van der Waals surface area contributed by atoms with Crippen molar-refractivity contribution >= 4 is 29.2 Å².